The average Bonchev–Trinajstić information content (AvgIpc) is 3.57. The Bertz CT molecular complexity index is 2310. The van der Waals surface area contributed by atoms with Crippen molar-refractivity contribution < 1.29 is 4.42 Å². The minimum atomic E-state index is 0.880. The first-order chi connectivity index (χ1) is 17.8. The van der Waals surface area contributed by atoms with Gasteiger partial charge in [-0.25, -0.2) is 9.97 Å². The van der Waals surface area contributed by atoms with Gasteiger partial charge >= 0.3 is 0 Å². The molecule has 0 amide bonds. The fourth-order valence-electron chi connectivity index (χ4n) is 5.96. The molecule has 4 heterocycles. The van der Waals surface area contributed by atoms with E-state index in [0.717, 1.165) is 60.6 Å². The average molecular weight is 460 g/mol. The van der Waals surface area contributed by atoms with Crippen molar-refractivity contribution in [2.45, 2.75) is 0 Å². The van der Waals surface area contributed by atoms with Crippen molar-refractivity contribution in [3.63, 3.8) is 0 Å². The van der Waals surface area contributed by atoms with E-state index in [1.807, 2.05) is 36.4 Å². The molecule has 4 heteroatoms. The summed E-state index contributed by atoms with van der Waals surface area (Å²) in [5.41, 5.74) is 10.0. The predicted molar refractivity (Wildman–Crippen MR) is 147 cm³/mol. The van der Waals surface area contributed by atoms with Crippen molar-refractivity contribution in [2.75, 3.05) is 0 Å². The van der Waals surface area contributed by atoms with Gasteiger partial charge in [0.25, 0.3) is 0 Å². The fourth-order valence-corrected chi connectivity index (χ4v) is 5.96. The Morgan fingerprint density at radius 2 is 1.33 bits per heavy atom. The summed E-state index contributed by atoms with van der Waals surface area (Å²) in [7, 11) is 0. The second kappa shape index (κ2) is 6.37. The first-order valence-corrected chi connectivity index (χ1v) is 12.1. The van der Waals surface area contributed by atoms with E-state index >= 15 is 0 Å². The Hall–Kier alpha value is -4.96. The SMILES string of the molecule is c1ccc(-c2ccc3c4c5c(cc6c7nc8ccccc8nc7n(c3c2)c64)oc2ccccc25)cc1. The lowest BCUT2D eigenvalue weighted by molar-refractivity contribution is 0.669. The van der Waals surface area contributed by atoms with E-state index in [9.17, 15) is 0 Å². The number of nitrogens with zero attached hydrogens (tertiary/aromatic N) is 3. The number of rotatable bonds is 1. The molecule has 0 aliphatic heterocycles. The third-order valence-electron chi connectivity index (χ3n) is 7.50. The summed E-state index contributed by atoms with van der Waals surface area (Å²) in [5, 5.41) is 5.75. The monoisotopic (exact) mass is 459 g/mol. The molecule has 166 valence electrons. The zero-order valence-electron chi connectivity index (χ0n) is 19.1. The Morgan fingerprint density at radius 1 is 0.556 bits per heavy atom. The van der Waals surface area contributed by atoms with Gasteiger partial charge in [-0.15, -0.1) is 0 Å². The van der Waals surface area contributed by atoms with Crippen molar-refractivity contribution >= 4 is 71.3 Å². The highest BCUT2D eigenvalue weighted by molar-refractivity contribution is 6.34. The summed E-state index contributed by atoms with van der Waals surface area (Å²) in [6.45, 7) is 0. The maximum absolute atomic E-state index is 6.38. The summed E-state index contributed by atoms with van der Waals surface area (Å²) < 4.78 is 8.69. The lowest BCUT2D eigenvalue weighted by Crippen LogP contribution is -1.89. The molecule has 36 heavy (non-hydrogen) atoms. The zero-order valence-corrected chi connectivity index (χ0v) is 19.1. The molecular formula is C32H17N3O. The van der Waals surface area contributed by atoms with Gasteiger partial charge in [0.2, 0.25) is 0 Å². The maximum atomic E-state index is 6.38. The Morgan fingerprint density at radius 3 is 2.22 bits per heavy atom. The predicted octanol–water partition coefficient (Wildman–Crippen LogP) is 8.35. The highest BCUT2D eigenvalue weighted by atomic mass is 16.3. The second-order valence-electron chi connectivity index (χ2n) is 9.44. The normalized spacial score (nSPS) is 12.4. The van der Waals surface area contributed by atoms with Crippen LogP contribution in [0.1, 0.15) is 0 Å². The second-order valence-corrected chi connectivity index (χ2v) is 9.44. The van der Waals surface area contributed by atoms with Gasteiger partial charge in [-0.2, -0.15) is 0 Å². The standard InChI is InChI=1S/C32H17N3O/c1-2-8-18(9-3-1)19-14-15-20-25(16-19)35-31-22(30-32(35)34-24-12-6-5-11-23(24)33-30)17-27-28(29(20)31)21-10-4-7-13-26(21)36-27/h1-17H. The summed E-state index contributed by atoms with van der Waals surface area (Å²) in [6.07, 6.45) is 0. The molecule has 0 saturated carbocycles. The molecule has 9 rings (SSSR count). The van der Waals surface area contributed by atoms with Crippen LogP contribution in [0.3, 0.4) is 0 Å². The van der Waals surface area contributed by atoms with Crippen molar-refractivity contribution in [3.05, 3.63) is 103 Å². The number of aromatic nitrogens is 3. The van der Waals surface area contributed by atoms with E-state index in [1.165, 1.54) is 21.9 Å². The van der Waals surface area contributed by atoms with Crippen LogP contribution in [0, 0.1) is 0 Å². The van der Waals surface area contributed by atoms with Gasteiger partial charge in [-0.3, -0.25) is 4.40 Å². The van der Waals surface area contributed by atoms with Crippen LogP contribution in [0.4, 0.5) is 0 Å². The first kappa shape index (κ1) is 18.4. The number of furan rings is 1. The first-order valence-electron chi connectivity index (χ1n) is 12.1. The topological polar surface area (TPSA) is 43.3 Å². The minimum Gasteiger partial charge on any atom is -0.456 e. The number of benzene rings is 5. The molecule has 9 aromatic rings. The van der Waals surface area contributed by atoms with Crippen LogP contribution >= 0.6 is 0 Å². The molecule has 0 atom stereocenters. The third kappa shape index (κ3) is 2.19. The van der Waals surface area contributed by atoms with E-state index < -0.39 is 0 Å². The van der Waals surface area contributed by atoms with Gasteiger partial charge in [0, 0.05) is 26.9 Å². The van der Waals surface area contributed by atoms with E-state index in [-0.39, 0.29) is 0 Å². The number of para-hydroxylation sites is 3. The molecule has 0 bridgehead atoms. The van der Waals surface area contributed by atoms with Crippen LogP contribution in [0.15, 0.2) is 108 Å². The van der Waals surface area contributed by atoms with Gasteiger partial charge < -0.3 is 4.42 Å². The Kier molecular flexibility index (Phi) is 3.25. The molecule has 0 fully saturated rings. The van der Waals surface area contributed by atoms with Gasteiger partial charge in [0.1, 0.15) is 16.7 Å². The van der Waals surface area contributed by atoms with Crippen molar-refractivity contribution in [1.82, 2.24) is 14.4 Å². The van der Waals surface area contributed by atoms with Crippen LogP contribution < -0.4 is 0 Å². The van der Waals surface area contributed by atoms with Crippen LogP contribution in [0.5, 0.6) is 0 Å². The molecule has 4 aromatic heterocycles. The zero-order chi connectivity index (χ0) is 23.4. The highest BCUT2D eigenvalue weighted by Gasteiger charge is 2.24. The van der Waals surface area contributed by atoms with E-state index in [0.29, 0.717) is 0 Å². The number of fused-ring (bicyclic) bond motifs is 11. The maximum Gasteiger partial charge on any atom is 0.165 e. The molecule has 4 nitrogen and oxygen atoms in total. The fraction of sp³-hybridized carbons (Fsp3) is 0. The molecule has 0 unspecified atom stereocenters. The van der Waals surface area contributed by atoms with Crippen LogP contribution in [-0.2, 0) is 0 Å². The Balaban J connectivity index is 1.58. The molecule has 0 spiro atoms. The lowest BCUT2D eigenvalue weighted by Gasteiger charge is -2.04. The summed E-state index contributed by atoms with van der Waals surface area (Å²) in [6, 6.07) is 35.8. The van der Waals surface area contributed by atoms with Crippen LogP contribution in [0.25, 0.3) is 82.5 Å². The van der Waals surface area contributed by atoms with Crippen LogP contribution in [0.2, 0.25) is 0 Å². The third-order valence-corrected chi connectivity index (χ3v) is 7.50. The molecule has 0 aliphatic carbocycles. The van der Waals surface area contributed by atoms with Crippen molar-refractivity contribution in [1.29, 1.82) is 0 Å². The van der Waals surface area contributed by atoms with Gasteiger partial charge in [-0.05, 0) is 41.5 Å². The molecule has 0 saturated heterocycles. The van der Waals surface area contributed by atoms with Gasteiger partial charge in [-0.1, -0.05) is 72.8 Å². The van der Waals surface area contributed by atoms with E-state index in [4.69, 9.17) is 14.4 Å². The summed E-state index contributed by atoms with van der Waals surface area (Å²) >= 11 is 0. The van der Waals surface area contributed by atoms with Crippen molar-refractivity contribution in [2.24, 2.45) is 0 Å². The van der Waals surface area contributed by atoms with Gasteiger partial charge in [0.05, 0.1) is 22.1 Å². The van der Waals surface area contributed by atoms with E-state index in [2.05, 4.69) is 71.1 Å². The lowest BCUT2D eigenvalue weighted by atomic mass is 10.0. The minimum absolute atomic E-state index is 0.880. The van der Waals surface area contributed by atoms with Gasteiger partial charge in [0.15, 0.2) is 5.65 Å². The molecular weight excluding hydrogens is 442 g/mol. The molecule has 0 radical (unpaired) electrons. The quantitative estimate of drug-likeness (QED) is 0.248. The smallest absolute Gasteiger partial charge is 0.165 e. The summed E-state index contributed by atoms with van der Waals surface area (Å²) in [4.78, 5) is 10.2. The molecule has 0 aliphatic rings. The Labute approximate surface area is 204 Å². The molecule has 0 N–H and O–H groups in total. The number of hydrogen-bond donors (Lipinski definition) is 0. The van der Waals surface area contributed by atoms with E-state index in [1.54, 1.807) is 0 Å². The highest BCUT2D eigenvalue weighted by Crippen LogP contribution is 2.46. The van der Waals surface area contributed by atoms with Crippen LogP contribution in [-0.4, -0.2) is 14.4 Å². The molecule has 5 aromatic carbocycles. The summed E-state index contributed by atoms with van der Waals surface area (Å²) in [5.74, 6) is 0. The number of hydrogen-bond acceptors (Lipinski definition) is 3. The largest absolute Gasteiger partial charge is 0.456 e. The van der Waals surface area contributed by atoms with Crippen molar-refractivity contribution in [3.8, 4) is 11.1 Å².